The van der Waals surface area contributed by atoms with Crippen LogP contribution in [0.5, 0.6) is 0 Å². The van der Waals surface area contributed by atoms with Crippen molar-refractivity contribution in [3.63, 3.8) is 0 Å². The molecule has 0 aliphatic rings. The molecule has 0 aliphatic carbocycles. The molecule has 0 saturated carbocycles. The van der Waals surface area contributed by atoms with Crippen LogP contribution in [0.4, 0.5) is 0 Å². The maximum Gasteiger partial charge on any atom is 0.154 e. The highest BCUT2D eigenvalue weighted by atomic mass is 32.2. The Morgan fingerprint density at radius 2 is 1.93 bits per heavy atom. The van der Waals surface area contributed by atoms with Crippen LogP contribution in [0, 0.1) is 17.2 Å². The molecule has 0 fully saturated rings. The van der Waals surface area contributed by atoms with Gasteiger partial charge in [-0.15, -0.1) is 0 Å². The summed E-state index contributed by atoms with van der Waals surface area (Å²) in [6, 6.07) is 1.93. The third-order valence-electron chi connectivity index (χ3n) is 2.26. The average Bonchev–Trinajstić information content (AvgIpc) is 2.11. The van der Waals surface area contributed by atoms with Gasteiger partial charge in [0.05, 0.1) is 23.5 Å². The van der Waals surface area contributed by atoms with Gasteiger partial charge in [-0.3, -0.25) is 0 Å². The van der Waals surface area contributed by atoms with E-state index in [1.165, 1.54) is 0 Å². The van der Waals surface area contributed by atoms with Crippen molar-refractivity contribution in [1.82, 2.24) is 0 Å². The van der Waals surface area contributed by atoms with Gasteiger partial charge in [0.2, 0.25) is 0 Å². The lowest BCUT2D eigenvalue weighted by molar-refractivity contribution is 0.557. The molecular formula is C10H19NO2S. The summed E-state index contributed by atoms with van der Waals surface area (Å²) < 4.78 is 23.4. The fourth-order valence-electron chi connectivity index (χ4n) is 1.19. The Balaban J connectivity index is 4.36. The van der Waals surface area contributed by atoms with E-state index >= 15 is 0 Å². The maximum atomic E-state index is 11.7. The summed E-state index contributed by atoms with van der Waals surface area (Å²) in [7, 11) is -3.05. The summed E-state index contributed by atoms with van der Waals surface area (Å²) in [4.78, 5) is 0. The molecule has 0 aromatic heterocycles. The van der Waals surface area contributed by atoms with Gasteiger partial charge in [0.15, 0.2) is 9.84 Å². The fraction of sp³-hybridized carbons (Fsp3) is 0.900. The van der Waals surface area contributed by atoms with Crippen molar-refractivity contribution in [2.24, 2.45) is 5.92 Å². The second-order valence-electron chi connectivity index (χ2n) is 3.94. The molecule has 14 heavy (non-hydrogen) atoms. The number of rotatable bonds is 6. The molecule has 4 heteroatoms. The molecule has 1 unspecified atom stereocenters. The Morgan fingerprint density at radius 1 is 1.36 bits per heavy atom. The Bertz CT molecular complexity index is 288. The van der Waals surface area contributed by atoms with E-state index in [-0.39, 0.29) is 12.2 Å². The minimum Gasteiger partial charge on any atom is -0.229 e. The predicted molar refractivity (Wildman–Crippen MR) is 57.6 cm³/mol. The van der Waals surface area contributed by atoms with Gasteiger partial charge in [0.25, 0.3) is 0 Å². The summed E-state index contributed by atoms with van der Waals surface area (Å²) in [6.07, 6.45) is 1.34. The van der Waals surface area contributed by atoms with Gasteiger partial charge in [-0.1, -0.05) is 20.8 Å². The third kappa shape index (κ3) is 4.61. The van der Waals surface area contributed by atoms with E-state index in [1.54, 1.807) is 0 Å². The number of hydrogen-bond donors (Lipinski definition) is 0. The Hall–Kier alpha value is -0.560. The van der Waals surface area contributed by atoms with E-state index in [0.717, 1.165) is 0 Å². The van der Waals surface area contributed by atoms with Crippen LogP contribution in [-0.2, 0) is 9.84 Å². The molecule has 0 heterocycles. The number of hydrogen-bond acceptors (Lipinski definition) is 3. The van der Waals surface area contributed by atoms with E-state index in [1.807, 2.05) is 26.8 Å². The van der Waals surface area contributed by atoms with Gasteiger partial charge in [-0.25, -0.2) is 8.42 Å². The fourth-order valence-corrected chi connectivity index (χ4v) is 3.16. The van der Waals surface area contributed by atoms with Crippen LogP contribution in [0.3, 0.4) is 0 Å². The smallest absolute Gasteiger partial charge is 0.154 e. The summed E-state index contributed by atoms with van der Waals surface area (Å²) in [5.74, 6) is 0.606. The van der Waals surface area contributed by atoms with Crippen molar-refractivity contribution < 1.29 is 8.42 Å². The van der Waals surface area contributed by atoms with Gasteiger partial charge < -0.3 is 0 Å². The molecule has 82 valence electrons. The maximum absolute atomic E-state index is 11.7. The molecule has 0 aliphatic heterocycles. The van der Waals surface area contributed by atoms with Crippen LogP contribution < -0.4 is 0 Å². The van der Waals surface area contributed by atoms with Crippen LogP contribution in [-0.4, -0.2) is 19.4 Å². The molecule has 0 amide bonds. The van der Waals surface area contributed by atoms with E-state index < -0.39 is 15.1 Å². The van der Waals surface area contributed by atoms with Gasteiger partial charge in [-0.05, 0) is 18.8 Å². The molecule has 0 radical (unpaired) electrons. The Morgan fingerprint density at radius 3 is 2.29 bits per heavy atom. The molecule has 0 aromatic carbocycles. The number of nitriles is 1. The highest BCUT2D eigenvalue weighted by Gasteiger charge is 2.23. The lowest BCUT2D eigenvalue weighted by Gasteiger charge is -2.13. The van der Waals surface area contributed by atoms with Gasteiger partial charge in [-0.2, -0.15) is 5.26 Å². The Kier molecular flexibility index (Phi) is 5.78. The van der Waals surface area contributed by atoms with Gasteiger partial charge in [0, 0.05) is 0 Å². The van der Waals surface area contributed by atoms with Crippen LogP contribution >= 0.6 is 0 Å². The van der Waals surface area contributed by atoms with Crippen molar-refractivity contribution in [3.8, 4) is 6.07 Å². The van der Waals surface area contributed by atoms with Crippen molar-refractivity contribution >= 4 is 9.84 Å². The van der Waals surface area contributed by atoms with Crippen LogP contribution in [0.1, 0.15) is 40.0 Å². The average molecular weight is 217 g/mol. The zero-order chi connectivity index (χ0) is 11.2. The van der Waals surface area contributed by atoms with Crippen molar-refractivity contribution in [3.05, 3.63) is 0 Å². The summed E-state index contributed by atoms with van der Waals surface area (Å²) in [6.45, 7) is 5.82. The van der Waals surface area contributed by atoms with E-state index in [0.29, 0.717) is 18.8 Å². The second kappa shape index (κ2) is 6.02. The lowest BCUT2D eigenvalue weighted by atomic mass is 10.2. The zero-order valence-electron chi connectivity index (χ0n) is 9.16. The normalized spacial score (nSPS) is 13.9. The summed E-state index contributed by atoms with van der Waals surface area (Å²) >= 11 is 0. The van der Waals surface area contributed by atoms with Crippen LogP contribution in [0.25, 0.3) is 0 Å². The lowest BCUT2D eigenvalue weighted by Crippen LogP contribution is -2.23. The van der Waals surface area contributed by atoms with E-state index in [4.69, 9.17) is 5.26 Å². The number of sulfone groups is 1. The molecule has 0 N–H and O–H groups in total. The standard InChI is InChI=1S/C10H19NO2S/c1-4-10(5-7-11)14(12,13)8-6-9(2)3/h9-10H,4-6,8H2,1-3H3. The van der Waals surface area contributed by atoms with Crippen molar-refractivity contribution in [2.75, 3.05) is 5.75 Å². The first-order valence-corrected chi connectivity index (χ1v) is 6.74. The zero-order valence-corrected chi connectivity index (χ0v) is 9.97. The van der Waals surface area contributed by atoms with Crippen LogP contribution in [0.15, 0.2) is 0 Å². The highest BCUT2D eigenvalue weighted by molar-refractivity contribution is 7.92. The minimum atomic E-state index is -3.05. The quantitative estimate of drug-likeness (QED) is 0.685. The SMILES string of the molecule is CCC(CC#N)S(=O)(=O)CCC(C)C. The molecule has 0 saturated heterocycles. The molecule has 0 aromatic rings. The second-order valence-corrected chi connectivity index (χ2v) is 6.34. The van der Waals surface area contributed by atoms with Crippen molar-refractivity contribution in [2.45, 2.75) is 45.3 Å². The molecule has 0 rings (SSSR count). The minimum absolute atomic E-state index is 0.122. The topological polar surface area (TPSA) is 57.9 Å². The van der Waals surface area contributed by atoms with E-state index in [9.17, 15) is 8.42 Å². The Labute approximate surface area is 87.0 Å². The monoisotopic (exact) mass is 217 g/mol. The highest BCUT2D eigenvalue weighted by Crippen LogP contribution is 2.14. The molecule has 0 bridgehead atoms. The summed E-state index contributed by atoms with van der Waals surface area (Å²) in [5, 5.41) is 8.03. The molecule has 1 atom stereocenters. The van der Waals surface area contributed by atoms with Crippen LogP contribution in [0.2, 0.25) is 0 Å². The molecule has 3 nitrogen and oxygen atoms in total. The molecular weight excluding hydrogens is 198 g/mol. The number of nitrogens with zero attached hydrogens (tertiary/aromatic N) is 1. The predicted octanol–water partition coefficient (Wildman–Crippen LogP) is 2.14. The van der Waals surface area contributed by atoms with Gasteiger partial charge in [0.1, 0.15) is 0 Å². The first-order chi connectivity index (χ1) is 6.44. The first-order valence-electron chi connectivity index (χ1n) is 5.02. The van der Waals surface area contributed by atoms with Gasteiger partial charge >= 0.3 is 0 Å². The third-order valence-corrected chi connectivity index (χ3v) is 4.58. The molecule has 0 spiro atoms. The first kappa shape index (κ1) is 13.4. The van der Waals surface area contributed by atoms with E-state index in [2.05, 4.69) is 0 Å². The van der Waals surface area contributed by atoms with Crippen molar-refractivity contribution in [1.29, 1.82) is 5.26 Å². The largest absolute Gasteiger partial charge is 0.229 e. The summed E-state index contributed by atoms with van der Waals surface area (Å²) in [5.41, 5.74) is 0.